The van der Waals surface area contributed by atoms with Crippen LogP contribution in [0.1, 0.15) is 64.0 Å². The van der Waals surface area contributed by atoms with Crippen molar-refractivity contribution in [3.63, 3.8) is 0 Å². The van der Waals surface area contributed by atoms with Gasteiger partial charge in [-0.05, 0) is 53.4 Å². The van der Waals surface area contributed by atoms with Crippen LogP contribution in [0.4, 0.5) is 0 Å². The van der Waals surface area contributed by atoms with E-state index in [0.717, 1.165) is 17.9 Å². The Hall–Kier alpha value is -1.02. The third kappa shape index (κ3) is 3.35. The van der Waals surface area contributed by atoms with Crippen LogP contribution in [0.2, 0.25) is 0 Å². The SMILES string of the molecule is CC(C)COc1ccc(CO)cc1C1CCCC1(C)C. The first-order valence-corrected chi connectivity index (χ1v) is 7.80. The van der Waals surface area contributed by atoms with Crippen molar-refractivity contribution < 1.29 is 9.84 Å². The Balaban J connectivity index is 2.32. The molecule has 1 aromatic rings. The maximum atomic E-state index is 9.40. The smallest absolute Gasteiger partial charge is 0.122 e. The summed E-state index contributed by atoms with van der Waals surface area (Å²) in [5.41, 5.74) is 2.60. The summed E-state index contributed by atoms with van der Waals surface area (Å²) in [4.78, 5) is 0. The molecule has 1 aliphatic carbocycles. The van der Waals surface area contributed by atoms with Crippen LogP contribution in [0.5, 0.6) is 5.75 Å². The van der Waals surface area contributed by atoms with E-state index in [0.29, 0.717) is 17.3 Å². The number of hydrogen-bond donors (Lipinski definition) is 1. The van der Waals surface area contributed by atoms with Crippen LogP contribution in [0, 0.1) is 11.3 Å². The van der Waals surface area contributed by atoms with Gasteiger partial charge in [-0.3, -0.25) is 0 Å². The van der Waals surface area contributed by atoms with Crippen molar-refractivity contribution in [3.05, 3.63) is 29.3 Å². The lowest BCUT2D eigenvalue weighted by Crippen LogP contribution is -2.17. The Morgan fingerprint density at radius 3 is 2.65 bits per heavy atom. The molecule has 0 amide bonds. The van der Waals surface area contributed by atoms with Gasteiger partial charge in [0.2, 0.25) is 0 Å². The average Bonchev–Trinajstić information content (AvgIpc) is 2.75. The van der Waals surface area contributed by atoms with Crippen LogP contribution in [-0.4, -0.2) is 11.7 Å². The van der Waals surface area contributed by atoms with E-state index in [4.69, 9.17) is 4.74 Å². The van der Waals surface area contributed by atoms with Gasteiger partial charge in [-0.15, -0.1) is 0 Å². The second-order valence-electron chi connectivity index (χ2n) is 7.17. The Morgan fingerprint density at radius 1 is 1.35 bits per heavy atom. The van der Waals surface area contributed by atoms with E-state index >= 15 is 0 Å². The van der Waals surface area contributed by atoms with Crippen molar-refractivity contribution in [3.8, 4) is 5.75 Å². The topological polar surface area (TPSA) is 29.5 Å². The highest BCUT2D eigenvalue weighted by molar-refractivity contribution is 5.41. The van der Waals surface area contributed by atoms with Gasteiger partial charge in [0, 0.05) is 0 Å². The van der Waals surface area contributed by atoms with Crippen LogP contribution < -0.4 is 4.74 Å². The standard InChI is InChI=1S/C18H28O2/c1-13(2)12-20-17-8-7-14(11-19)10-15(17)16-6-5-9-18(16,3)4/h7-8,10,13,16,19H,5-6,9,11-12H2,1-4H3. The van der Waals surface area contributed by atoms with Crippen molar-refractivity contribution in [1.82, 2.24) is 0 Å². The molecule has 0 heterocycles. The van der Waals surface area contributed by atoms with Crippen LogP contribution in [0.3, 0.4) is 0 Å². The van der Waals surface area contributed by atoms with E-state index in [1.165, 1.54) is 24.8 Å². The monoisotopic (exact) mass is 276 g/mol. The van der Waals surface area contributed by atoms with Crippen molar-refractivity contribution in [2.75, 3.05) is 6.61 Å². The fourth-order valence-corrected chi connectivity index (χ4v) is 3.26. The van der Waals surface area contributed by atoms with Crippen LogP contribution in [0.25, 0.3) is 0 Å². The molecule has 2 nitrogen and oxygen atoms in total. The van der Waals surface area contributed by atoms with Crippen molar-refractivity contribution in [2.24, 2.45) is 11.3 Å². The zero-order valence-electron chi connectivity index (χ0n) is 13.3. The number of rotatable bonds is 5. The van der Waals surface area contributed by atoms with Gasteiger partial charge in [0.05, 0.1) is 13.2 Å². The van der Waals surface area contributed by atoms with E-state index in [-0.39, 0.29) is 6.61 Å². The third-order valence-corrected chi connectivity index (χ3v) is 4.46. The summed E-state index contributed by atoms with van der Waals surface area (Å²) in [5.74, 6) is 2.07. The molecule has 1 N–H and O–H groups in total. The molecule has 0 aliphatic heterocycles. The first-order valence-electron chi connectivity index (χ1n) is 7.80. The molecule has 2 heteroatoms. The lowest BCUT2D eigenvalue weighted by Gasteiger charge is -2.29. The second kappa shape index (κ2) is 6.17. The van der Waals surface area contributed by atoms with Crippen molar-refractivity contribution >= 4 is 0 Å². The zero-order valence-corrected chi connectivity index (χ0v) is 13.3. The predicted octanol–water partition coefficient (Wildman–Crippen LogP) is 4.51. The molecular weight excluding hydrogens is 248 g/mol. The van der Waals surface area contributed by atoms with E-state index in [1.54, 1.807) is 0 Å². The summed E-state index contributed by atoms with van der Waals surface area (Å²) in [7, 11) is 0. The summed E-state index contributed by atoms with van der Waals surface area (Å²) >= 11 is 0. The number of ether oxygens (including phenoxy) is 1. The minimum atomic E-state index is 0.102. The zero-order chi connectivity index (χ0) is 14.8. The predicted molar refractivity (Wildman–Crippen MR) is 83.1 cm³/mol. The van der Waals surface area contributed by atoms with Crippen LogP contribution >= 0.6 is 0 Å². The molecule has 0 aromatic heterocycles. The van der Waals surface area contributed by atoms with Gasteiger partial charge in [0.25, 0.3) is 0 Å². The molecule has 1 aromatic carbocycles. The largest absolute Gasteiger partial charge is 0.493 e. The molecule has 0 radical (unpaired) electrons. The highest BCUT2D eigenvalue weighted by Crippen LogP contribution is 2.51. The molecule has 1 unspecified atom stereocenters. The molecule has 1 atom stereocenters. The number of benzene rings is 1. The minimum absolute atomic E-state index is 0.102. The third-order valence-electron chi connectivity index (χ3n) is 4.46. The normalized spacial score (nSPS) is 21.4. The Kier molecular flexibility index (Phi) is 4.74. The molecule has 2 rings (SSSR count). The molecule has 1 aliphatic rings. The van der Waals surface area contributed by atoms with Crippen molar-refractivity contribution in [1.29, 1.82) is 0 Å². The molecule has 0 spiro atoms. The Bertz CT molecular complexity index is 449. The fraction of sp³-hybridized carbons (Fsp3) is 0.667. The van der Waals surface area contributed by atoms with Gasteiger partial charge < -0.3 is 9.84 Å². The fourth-order valence-electron chi connectivity index (χ4n) is 3.26. The molecule has 1 fully saturated rings. The average molecular weight is 276 g/mol. The molecule has 20 heavy (non-hydrogen) atoms. The Labute approximate surface area is 123 Å². The van der Waals surface area contributed by atoms with Gasteiger partial charge in [-0.2, -0.15) is 0 Å². The maximum Gasteiger partial charge on any atom is 0.122 e. The first-order chi connectivity index (χ1) is 9.44. The van der Waals surface area contributed by atoms with Gasteiger partial charge >= 0.3 is 0 Å². The lowest BCUT2D eigenvalue weighted by molar-refractivity contribution is 0.257. The van der Waals surface area contributed by atoms with Gasteiger partial charge in [-0.25, -0.2) is 0 Å². The lowest BCUT2D eigenvalue weighted by atomic mass is 9.77. The van der Waals surface area contributed by atoms with Crippen molar-refractivity contribution in [2.45, 2.75) is 59.5 Å². The quantitative estimate of drug-likeness (QED) is 0.857. The summed E-state index contributed by atoms with van der Waals surface area (Å²) in [6.07, 6.45) is 3.77. The first kappa shape index (κ1) is 15.4. The summed E-state index contributed by atoms with van der Waals surface area (Å²) in [6, 6.07) is 6.16. The maximum absolute atomic E-state index is 9.40. The molecule has 112 valence electrons. The minimum Gasteiger partial charge on any atom is -0.493 e. The second-order valence-corrected chi connectivity index (χ2v) is 7.17. The van der Waals surface area contributed by atoms with Gasteiger partial charge in [-0.1, -0.05) is 40.2 Å². The molecule has 0 saturated heterocycles. The molecule has 1 saturated carbocycles. The molecule has 0 bridgehead atoms. The number of aliphatic hydroxyl groups excluding tert-OH is 1. The van der Waals surface area contributed by atoms with E-state index in [1.807, 2.05) is 12.1 Å². The van der Waals surface area contributed by atoms with E-state index < -0.39 is 0 Å². The van der Waals surface area contributed by atoms with Gasteiger partial charge in [0.1, 0.15) is 5.75 Å². The van der Waals surface area contributed by atoms with E-state index in [9.17, 15) is 5.11 Å². The summed E-state index contributed by atoms with van der Waals surface area (Å²) < 4.78 is 6.02. The van der Waals surface area contributed by atoms with Gasteiger partial charge in [0.15, 0.2) is 0 Å². The van der Waals surface area contributed by atoms with Crippen LogP contribution in [0.15, 0.2) is 18.2 Å². The van der Waals surface area contributed by atoms with E-state index in [2.05, 4.69) is 33.8 Å². The summed E-state index contributed by atoms with van der Waals surface area (Å²) in [5, 5.41) is 9.40. The number of aliphatic hydroxyl groups is 1. The highest BCUT2D eigenvalue weighted by atomic mass is 16.5. The molecular formula is C18H28O2. The Morgan fingerprint density at radius 2 is 2.10 bits per heavy atom. The van der Waals surface area contributed by atoms with Crippen LogP contribution in [-0.2, 0) is 6.61 Å². The summed E-state index contributed by atoms with van der Waals surface area (Å²) in [6.45, 7) is 9.89. The number of hydrogen-bond acceptors (Lipinski definition) is 2. The highest BCUT2D eigenvalue weighted by Gasteiger charge is 2.37.